The highest BCUT2D eigenvalue weighted by Crippen LogP contribution is 2.28. The molecule has 0 aromatic heterocycles. The van der Waals surface area contributed by atoms with Crippen LogP contribution in [0.3, 0.4) is 0 Å². The van der Waals surface area contributed by atoms with Gasteiger partial charge in [-0.3, -0.25) is 4.79 Å². The highest BCUT2D eigenvalue weighted by atomic mass is 35.5. The molecule has 0 N–H and O–H groups in total. The molecule has 2 aliphatic rings. The van der Waals surface area contributed by atoms with Crippen LogP contribution in [0.4, 0.5) is 10.1 Å². The number of benzene rings is 2. The molecular weight excluding hydrogens is 453 g/mol. The van der Waals surface area contributed by atoms with Gasteiger partial charge in [0.25, 0.3) is 0 Å². The smallest absolute Gasteiger partial charge is 0.243 e. The molecule has 2 aromatic rings. The highest BCUT2D eigenvalue weighted by Gasteiger charge is 2.36. The van der Waals surface area contributed by atoms with Gasteiger partial charge in [0.05, 0.1) is 10.8 Å². The van der Waals surface area contributed by atoms with Crippen molar-refractivity contribution in [2.75, 3.05) is 44.2 Å². The van der Waals surface area contributed by atoms with E-state index in [9.17, 15) is 17.6 Å². The third kappa shape index (κ3) is 4.77. The van der Waals surface area contributed by atoms with E-state index < -0.39 is 15.8 Å². The van der Waals surface area contributed by atoms with Gasteiger partial charge in [-0.25, -0.2) is 12.8 Å². The molecule has 2 aliphatic heterocycles. The van der Waals surface area contributed by atoms with Crippen LogP contribution in [0.5, 0.6) is 0 Å². The molecule has 0 radical (unpaired) electrons. The number of piperazine rings is 1. The van der Waals surface area contributed by atoms with Crippen LogP contribution in [0.1, 0.15) is 18.4 Å². The number of carbonyl (C=O) groups is 1. The quantitative estimate of drug-likeness (QED) is 0.673. The lowest BCUT2D eigenvalue weighted by atomic mass is 9.97. The van der Waals surface area contributed by atoms with Crippen molar-refractivity contribution in [2.24, 2.45) is 5.92 Å². The summed E-state index contributed by atoms with van der Waals surface area (Å²) in [7, 11) is -3.75. The summed E-state index contributed by atoms with van der Waals surface area (Å²) in [6, 6.07) is 10.6. The molecule has 2 fully saturated rings. The molecule has 0 spiro atoms. The van der Waals surface area contributed by atoms with E-state index in [4.69, 9.17) is 11.6 Å². The zero-order valence-corrected chi connectivity index (χ0v) is 19.6. The lowest BCUT2D eigenvalue weighted by Crippen LogP contribution is -2.53. The van der Waals surface area contributed by atoms with Crippen molar-refractivity contribution < 1.29 is 17.6 Å². The Hall–Kier alpha value is -2.16. The average Bonchev–Trinajstić information content (AvgIpc) is 2.81. The van der Waals surface area contributed by atoms with Crippen molar-refractivity contribution in [3.05, 3.63) is 58.9 Å². The van der Waals surface area contributed by atoms with Crippen molar-refractivity contribution in [2.45, 2.75) is 24.7 Å². The normalized spacial score (nSPS) is 20.4. The number of carbonyl (C=O) groups excluding carboxylic acids is 1. The van der Waals surface area contributed by atoms with Crippen molar-refractivity contribution in [3.63, 3.8) is 0 Å². The van der Waals surface area contributed by atoms with E-state index in [1.807, 2.05) is 30.0 Å². The van der Waals surface area contributed by atoms with Crippen LogP contribution in [0, 0.1) is 18.7 Å². The Morgan fingerprint density at radius 1 is 1.03 bits per heavy atom. The number of halogens is 2. The zero-order chi connectivity index (χ0) is 22.9. The van der Waals surface area contributed by atoms with Crippen LogP contribution in [0.2, 0.25) is 5.02 Å². The Kier molecular flexibility index (Phi) is 6.74. The first-order chi connectivity index (χ1) is 15.3. The summed E-state index contributed by atoms with van der Waals surface area (Å²) < 4.78 is 40.5. The molecule has 32 heavy (non-hydrogen) atoms. The molecule has 2 aromatic carbocycles. The van der Waals surface area contributed by atoms with Crippen LogP contribution in [-0.2, 0) is 14.8 Å². The Morgan fingerprint density at radius 3 is 2.41 bits per heavy atom. The van der Waals surface area contributed by atoms with E-state index in [0.717, 1.165) is 23.4 Å². The lowest BCUT2D eigenvalue weighted by molar-refractivity contribution is -0.137. The molecule has 0 saturated carbocycles. The van der Waals surface area contributed by atoms with Crippen LogP contribution in [0.15, 0.2) is 47.4 Å². The zero-order valence-electron chi connectivity index (χ0n) is 18.0. The highest BCUT2D eigenvalue weighted by molar-refractivity contribution is 7.89. The maximum absolute atomic E-state index is 13.2. The van der Waals surface area contributed by atoms with Gasteiger partial charge in [-0.2, -0.15) is 4.31 Å². The predicted molar refractivity (Wildman–Crippen MR) is 123 cm³/mol. The third-order valence-electron chi connectivity index (χ3n) is 6.29. The average molecular weight is 480 g/mol. The second-order valence-corrected chi connectivity index (χ2v) is 10.8. The minimum atomic E-state index is -3.75. The maximum atomic E-state index is 13.2. The van der Waals surface area contributed by atoms with Crippen LogP contribution >= 0.6 is 11.6 Å². The molecule has 0 unspecified atom stereocenters. The molecule has 9 heteroatoms. The first kappa shape index (κ1) is 23.0. The van der Waals surface area contributed by atoms with Gasteiger partial charge in [0, 0.05) is 50.0 Å². The van der Waals surface area contributed by atoms with Gasteiger partial charge in [-0.15, -0.1) is 0 Å². The number of piperidine rings is 1. The van der Waals surface area contributed by atoms with Gasteiger partial charge in [-0.05, 0) is 61.7 Å². The molecule has 4 rings (SSSR count). The molecule has 2 saturated heterocycles. The van der Waals surface area contributed by atoms with Gasteiger partial charge in [0.2, 0.25) is 15.9 Å². The molecule has 6 nitrogen and oxygen atoms in total. The van der Waals surface area contributed by atoms with Gasteiger partial charge < -0.3 is 9.80 Å². The van der Waals surface area contributed by atoms with Crippen molar-refractivity contribution in [1.82, 2.24) is 9.21 Å². The summed E-state index contributed by atoms with van der Waals surface area (Å²) in [6.07, 6.45) is 1.29. The fraction of sp³-hybridized carbons (Fsp3) is 0.435. The number of anilines is 1. The number of amides is 1. The third-order valence-corrected chi connectivity index (χ3v) is 8.40. The number of hydrogen-bond acceptors (Lipinski definition) is 4. The van der Waals surface area contributed by atoms with E-state index >= 15 is 0 Å². The standard InChI is InChI=1S/C23H27ClFN3O3S/c1-17-4-5-19(24)15-22(17)26-11-13-27(14-12-26)23(29)18-3-2-10-28(16-18)32(30,31)21-8-6-20(25)7-9-21/h4-9,15,18H,2-3,10-14,16H2,1H3/t18-/m0/s1. The summed E-state index contributed by atoms with van der Waals surface area (Å²) in [5.74, 6) is -0.840. The Balaban J connectivity index is 1.39. The van der Waals surface area contributed by atoms with E-state index in [2.05, 4.69) is 4.90 Å². The molecule has 172 valence electrons. The Bertz CT molecular complexity index is 1090. The number of hydrogen-bond donors (Lipinski definition) is 0. The summed E-state index contributed by atoms with van der Waals surface area (Å²) >= 11 is 6.16. The van der Waals surface area contributed by atoms with Crippen LogP contribution < -0.4 is 4.90 Å². The first-order valence-electron chi connectivity index (χ1n) is 10.8. The maximum Gasteiger partial charge on any atom is 0.243 e. The fourth-order valence-electron chi connectivity index (χ4n) is 4.47. The van der Waals surface area contributed by atoms with Gasteiger partial charge in [-0.1, -0.05) is 17.7 Å². The predicted octanol–water partition coefficient (Wildman–Crippen LogP) is 3.54. The van der Waals surface area contributed by atoms with Crippen molar-refractivity contribution in [1.29, 1.82) is 0 Å². The Morgan fingerprint density at radius 2 is 1.72 bits per heavy atom. The van der Waals surface area contributed by atoms with E-state index in [1.54, 1.807) is 0 Å². The molecule has 0 aliphatic carbocycles. The van der Waals surface area contributed by atoms with Crippen LogP contribution in [-0.4, -0.2) is 62.8 Å². The summed E-state index contributed by atoms with van der Waals surface area (Å²) in [4.78, 5) is 17.3. The lowest BCUT2D eigenvalue weighted by Gasteiger charge is -2.40. The van der Waals surface area contributed by atoms with Gasteiger partial charge >= 0.3 is 0 Å². The topological polar surface area (TPSA) is 60.9 Å². The molecule has 1 amide bonds. The number of nitrogens with zero attached hydrogens (tertiary/aromatic N) is 3. The summed E-state index contributed by atoms with van der Waals surface area (Å²) in [5, 5.41) is 0.689. The summed E-state index contributed by atoms with van der Waals surface area (Å²) in [5.41, 5.74) is 2.22. The van der Waals surface area contributed by atoms with Crippen molar-refractivity contribution in [3.8, 4) is 0 Å². The monoisotopic (exact) mass is 479 g/mol. The first-order valence-corrected chi connectivity index (χ1v) is 12.6. The number of aryl methyl sites for hydroxylation is 1. The second kappa shape index (κ2) is 9.37. The minimum absolute atomic E-state index is 0.00599. The van der Waals surface area contributed by atoms with E-state index in [0.29, 0.717) is 50.6 Å². The second-order valence-electron chi connectivity index (χ2n) is 8.40. The number of rotatable bonds is 4. The van der Waals surface area contributed by atoms with Gasteiger partial charge in [0.1, 0.15) is 5.82 Å². The summed E-state index contributed by atoms with van der Waals surface area (Å²) in [6.45, 7) is 5.16. The van der Waals surface area contributed by atoms with E-state index in [1.165, 1.54) is 16.4 Å². The minimum Gasteiger partial charge on any atom is -0.368 e. The van der Waals surface area contributed by atoms with Gasteiger partial charge in [0.15, 0.2) is 0 Å². The van der Waals surface area contributed by atoms with Crippen molar-refractivity contribution >= 4 is 33.2 Å². The van der Waals surface area contributed by atoms with E-state index in [-0.39, 0.29) is 23.3 Å². The molecule has 2 heterocycles. The SMILES string of the molecule is Cc1ccc(Cl)cc1N1CCN(C(=O)[C@H]2CCCN(S(=O)(=O)c3ccc(F)cc3)C2)CC1. The molecule has 0 bridgehead atoms. The molecule has 1 atom stereocenters. The fourth-order valence-corrected chi connectivity index (χ4v) is 6.16. The van der Waals surface area contributed by atoms with Crippen LogP contribution in [0.25, 0.3) is 0 Å². The molecular formula is C23H27ClFN3O3S. The largest absolute Gasteiger partial charge is 0.368 e. The Labute approximate surface area is 193 Å². The number of sulfonamides is 1.